The Morgan fingerprint density at radius 3 is 1.40 bits per heavy atom. The maximum atomic E-state index is 12.5. The predicted molar refractivity (Wildman–Crippen MR) is 97.6 cm³/mol. The summed E-state index contributed by atoms with van der Waals surface area (Å²) in [5, 5.41) is 3.38. The van der Waals surface area contributed by atoms with E-state index < -0.39 is 11.9 Å². The van der Waals surface area contributed by atoms with Crippen LogP contribution in [0.2, 0.25) is 0 Å². The number of ether oxygens (including phenoxy) is 1. The Bertz CT molecular complexity index is 1010. The van der Waals surface area contributed by atoms with Crippen LogP contribution in [0.3, 0.4) is 0 Å². The molecule has 0 fully saturated rings. The van der Waals surface area contributed by atoms with Crippen molar-refractivity contribution in [3.63, 3.8) is 0 Å². The largest absolute Gasteiger partial charge is 0.386 e. The van der Waals surface area contributed by atoms with Gasteiger partial charge in [0.05, 0.1) is 11.1 Å². The zero-order valence-electron chi connectivity index (χ0n) is 13.3. The average Bonchev–Trinajstić information content (AvgIpc) is 2.67. The second-order valence-electron chi connectivity index (χ2n) is 5.73. The number of esters is 2. The minimum absolute atomic E-state index is 0.381. The Morgan fingerprint density at radius 1 is 0.520 bits per heavy atom. The first-order valence-electron chi connectivity index (χ1n) is 7.96. The van der Waals surface area contributed by atoms with E-state index in [4.69, 9.17) is 4.74 Å². The fraction of sp³-hybridized carbons (Fsp3) is 0. The number of hydrogen-bond acceptors (Lipinski definition) is 3. The van der Waals surface area contributed by atoms with Crippen molar-refractivity contribution in [2.24, 2.45) is 0 Å². The van der Waals surface area contributed by atoms with Crippen molar-refractivity contribution in [1.29, 1.82) is 0 Å². The molecule has 0 unspecified atom stereocenters. The Morgan fingerprint density at radius 2 is 0.920 bits per heavy atom. The van der Waals surface area contributed by atoms with Crippen LogP contribution >= 0.6 is 0 Å². The van der Waals surface area contributed by atoms with Crippen LogP contribution in [0, 0.1) is 0 Å². The van der Waals surface area contributed by atoms with Gasteiger partial charge in [0.25, 0.3) is 0 Å². The molecule has 0 amide bonds. The number of carbonyl (C=O) groups excluding carboxylic acids is 2. The summed E-state index contributed by atoms with van der Waals surface area (Å²) in [6.45, 7) is 0. The first-order valence-corrected chi connectivity index (χ1v) is 7.96. The van der Waals surface area contributed by atoms with E-state index in [0.29, 0.717) is 11.1 Å². The first kappa shape index (κ1) is 15.1. The van der Waals surface area contributed by atoms with Crippen LogP contribution in [0.4, 0.5) is 0 Å². The highest BCUT2D eigenvalue weighted by Gasteiger charge is 2.18. The fourth-order valence-corrected chi connectivity index (χ4v) is 3.00. The summed E-state index contributed by atoms with van der Waals surface area (Å²) < 4.78 is 5.16. The van der Waals surface area contributed by atoms with Crippen LogP contribution in [0.25, 0.3) is 21.5 Å². The Labute approximate surface area is 144 Å². The van der Waals surface area contributed by atoms with E-state index in [0.717, 1.165) is 21.5 Å². The van der Waals surface area contributed by atoms with Crippen molar-refractivity contribution in [2.45, 2.75) is 0 Å². The lowest BCUT2D eigenvalue weighted by atomic mass is 10.0. The van der Waals surface area contributed by atoms with Gasteiger partial charge < -0.3 is 4.74 Å². The maximum Gasteiger partial charge on any atom is 0.346 e. The molecule has 0 aliphatic carbocycles. The molecule has 0 spiro atoms. The highest BCUT2D eigenvalue weighted by atomic mass is 16.6. The van der Waals surface area contributed by atoms with Gasteiger partial charge in [-0.1, -0.05) is 72.8 Å². The van der Waals surface area contributed by atoms with E-state index >= 15 is 0 Å². The van der Waals surface area contributed by atoms with E-state index in [2.05, 4.69) is 0 Å². The third-order valence-electron chi connectivity index (χ3n) is 4.20. The molecule has 3 nitrogen and oxygen atoms in total. The van der Waals surface area contributed by atoms with Gasteiger partial charge >= 0.3 is 11.9 Å². The Hall–Kier alpha value is -3.46. The van der Waals surface area contributed by atoms with Crippen molar-refractivity contribution < 1.29 is 14.3 Å². The van der Waals surface area contributed by atoms with Gasteiger partial charge in [-0.05, 0) is 33.7 Å². The van der Waals surface area contributed by atoms with Gasteiger partial charge in [-0.2, -0.15) is 0 Å². The van der Waals surface area contributed by atoms with Crippen molar-refractivity contribution in [3.05, 3.63) is 96.1 Å². The normalized spacial score (nSPS) is 10.7. The van der Waals surface area contributed by atoms with Gasteiger partial charge in [0.2, 0.25) is 0 Å². The maximum absolute atomic E-state index is 12.5. The van der Waals surface area contributed by atoms with Crippen molar-refractivity contribution >= 4 is 33.5 Å². The average molecular weight is 326 g/mol. The molecule has 3 heteroatoms. The zero-order chi connectivity index (χ0) is 17.2. The fourth-order valence-electron chi connectivity index (χ4n) is 3.00. The highest BCUT2D eigenvalue weighted by Crippen LogP contribution is 2.22. The molecule has 0 bridgehead atoms. The molecule has 0 aliphatic rings. The minimum Gasteiger partial charge on any atom is -0.386 e. The van der Waals surface area contributed by atoms with Gasteiger partial charge in [0, 0.05) is 0 Å². The molecule has 0 saturated carbocycles. The lowest BCUT2D eigenvalue weighted by Crippen LogP contribution is -2.13. The van der Waals surface area contributed by atoms with Crippen molar-refractivity contribution in [2.75, 3.05) is 0 Å². The minimum atomic E-state index is -0.644. The third kappa shape index (κ3) is 2.76. The highest BCUT2D eigenvalue weighted by molar-refractivity contribution is 6.12. The SMILES string of the molecule is O=C(OC(=O)c1cccc2ccccc12)c1cccc2ccccc12. The quantitative estimate of drug-likeness (QED) is 0.385. The van der Waals surface area contributed by atoms with E-state index in [1.54, 1.807) is 24.3 Å². The zero-order valence-corrected chi connectivity index (χ0v) is 13.3. The van der Waals surface area contributed by atoms with Crippen LogP contribution in [-0.2, 0) is 4.74 Å². The summed E-state index contributed by atoms with van der Waals surface area (Å²) in [6.07, 6.45) is 0. The Kier molecular flexibility index (Phi) is 3.75. The topological polar surface area (TPSA) is 43.4 Å². The number of rotatable bonds is 2. The lowest BCUT2D eigenvalue weighted by Gasteiger charge is -2.08. The van der Waals surface area contributed by atoms with E-state index in [9.17, 15) is 9.59 Å². The Balaban J connectivity index is 1.69. The number of benzene rings is 4. The van der Waals surface area contributed by atoms with Gasteiger partial charge in [0.15, 0.2) is 0 Å². The molecule has 4 aromatic rings. The standard InChI is InChI=1S/C22H14O3/c23-21(19-13-5-9-15-7-1-3-11-17(15)19)25-22(24)20-14-6-10-16-8-2-4-12-18(16)20/h1-14H. The number of hydrogen-bond donors (Lipinski definition) is 0. The summed E-state index contributed by atoms with van der Waals surface area (Å²) >= 11 is 0. The summed E-state index contributed by atoms with van der Waals surface area (Å²) in [5.41, 5.74) is 0.762. The van der Waals surface area contributed by atoms with Crippen LogP contribution in [-0.4, -0.2) is 11.9 Å². The monoisotopic (exact) mass is 326 g/mol. The summed E-state index contributed by atoms with van der Waals surface area (Å²) in [6, 6.07) is 25.7. The number of fused-ring (bicyclic) bond motifs is 2. The van der Waals surface area contributed by atoms with Crippen LogP contribution in [0.5, 0.6) is 0 Å². The molecule has 0 aromatic heterocycles. The molecule has 0 aliphatic heterocycles. The molecule has 4 aromatic carbocycles. The summed E-state index contributed by atoms with van der Waals surface area (Å²) in [5.74, 6) is -1.29. The molecular formula is C22H14O3. The first-order chi connectivity index (χ1) is 12.2. The molecule has 25 heavy (non-hydrogen) atoms. The molecule has 0 N–H and O–H groups in total. The van der Waals surface area contributed by atoms with Gasteiger partial charge in [0.1, 0.15) is 0 Å². The van der Waals surface area contributed by atoms with Crippen LogP contribution in [0.15, 0.2) is 84.9 Å². The molecule has 120 valence electrons. The third-order valence-corrected chi connectivity index (χ3v) is 4.20. The molecule has 0 heterocycles. The van der Waals surface area contributed by atoms with Crippen molar-refractivity contribution in [3.8, 4) is 0 Å². The second kappa shape index (κ2) is 6.21. The van der Waals surface area contributed by atoms with Crippen LogP contribution in [0.1, 0.15) is 20.7 Å². The molecule has 0 atom stereocenters. The van der Waals surface area contributed by atoms with Crippen LogP contribution < -0.4 is 0 Å². The smallest absolute Gasteiger partial charge is 0.346 e. The van der Waals surface area contributed by atoms with Crippen molar-refractivity contribution in [1.82, 2.24) is 0 Å². The predicted octanol–water partition coefficient (Wildman–Crippen LogP) is 4.99. The number of carbonyl (C=O) groups is 2. The molecular weight excluding hydrogens is 312 g/mol. The summed E-state index contributed by atoms with van der Waals surface area (Å²) in [4.78, 5) is 25.1. The van der Waals surface area contributed by atoms with E-state index in [1.807, 2.05) is 60.7 Å². The van der Waals surface area contributed by atoms with E-state index in [1.165, 1.54) is 0 Å². The van der Waals surface area contributed by atoms with Gasteiger partial charge in [-0.15, -0.1) is 0 Å². The molecule has 0 radical (unpaired) electrons. The van der Waals surface area contributed by atoms with E-state index in [-0.39, 0.29) is 0 Å². The lowest BCUT2D eigenvalue weighted by molar-refractivity contribution is 0.0400. The summed E-state index contributed by atoms with van der Waals surface area (Å²) in [7, 11) is 0. The van der Waals surface area contributed by atoms with Gasteiger partial charge in [-0.25, -0.2) is 9.59 Å². The molecule has 4 rings (SSSR count). The van der Waals surface area contributed by atoms with Gasteiger partial charge in [-0.3, -0.25) is 0 Å². The second-order valence-corrected chi connectivity index (χ2v) is 5.73. The molecule has 0 saturated heterocycles.